The molecule has 0 aliphatic heterocycles. The van der Waals surface area contributed by atoms with Gasteiger partial charge in [0.1, 0.15) is 0 Å². The number of allylic oxidation sites excluding steroid dienone is 2. The summed E-state index contributed by atoms with van der Waals surface area (Å²) in [5.41, 5.74) is 0. The first-order chi connectivity index (χ1) is 5.25. The summed E-state index contributed by atoms with van der Waals surface area (Å²) in [5.74, 6) is 0.133. The predicted molar refractivity (Wildman–Crippen MR) is 45.1 cm³/mol. The molecule has 0 heterocycles. The highest BCUT2D eigenvalue weighted by Gasteiger charge is 2.14. The van der Waals surface area contributed by atoms with E-state index in [0.29, 0.717) is 0 Å². The fourth-order valence-electron chi connectivity index (χ4n) is 1.27. The van der Waals surface area contributed by atoms with Crippen molar-refractivity contribution in [2.24, 2.45) is 0 Å². The Kier molecular flexibility index (Phi) is 2.47. The smallest absolute Gasteiger partial charge is 0.220 e. The molecule has 11 heavy (non-hydrogen) atoms. The maximum absolute atomic E-state index is 11.0. The van der Waals surface area contributed by atoms with Crippen molar-refractivity contribution in [3.8, 4) is 0 Å². The van der Waals surface area contributed by atoms with Gasteiger partial charge in [0.2, 0.25) is 5.91 Å². The Morgan fingerprint density at radius 3 is 2.36 bits per heavy atom. The van der Waals surface area contributed by atoms with Crippen LogP contribution < -0.4 is 0 Å². The lowest BCUT2D eigenvalue weighted by molar-refractivity contribution is -0.129. The number of amides is 1. The summed E-state index contributed by atoms with van der Waals surface area (Å²) in [6.45, 7) is 4.36. The molecular weight excluding hydrogens is 138 g/mol. The number of hydrogen-bond donors (Lipinski definition) is 0. The first-order valence-electron chi connectivity index (χ1n) is 3.88. The van der Waals surface area contributed by atoms with E-state index in [0.717, 1.165) is 6.54 Å². The maximum atomic E-state index is 11.0. The molecule has 0 N–H and O–H groups in total. The molecule has 0 aromatic rings. The Morgan fingerprint density at radius 1 is 1.45 bits per heavy atom. The van der Waals surface area contributed by atoms with Gasteiger partial charge in [0.05, 0.1) is 6.04 Å². The van der Waals surface area contributed by atoms with Gasteiger partial charge in [-0.05, 0) is 6.92 Å². The number of carbonyl (C=O) groups excluding carboxylic acids is 1. The number of rotatable bonds is 2. The Morgan fingerprint density at radius 2 is 2.00 bits per heavy atom. The van der Waals surface area contributed by atoms with Crippen molar-refractivity contribution < 1.29 is 4.79 Å². The monoisotopic (exact) mass is 151 g/mol. The van der Waals surface area contributed by atoms with E-state index < -0.39 is 0 Å². The Balaban J connectivity index is 2.62. The summed E-state index contributed by atoms with van der Waals surface area (Å²) < 4.78 is 0. The van der Waals surface area contributed by atoms with Crippen LogP contribution in [0.15, 0.2) is 24.3 Å². The molecule has 1 amide bonds. The third-order valence-corrected chi connectivity index (χ3v) is 1.83. The number of likely N-dealkylation sites (N-methyl/N-ethyl adjacent to an activating group) is 1. The van der Waals surface area contributed by atoms with Gasteiger partial charge in [0.15, 0.2) is 0 Å². The second kappa shape index (κ2) is 3.37. The van der Waals surface area contributed by atoms with Crippen LogP contribution in [0.1, 0.15) is 13.8 Å². The highest BCUT2D eigenvalue weighted by atomic mass is 16.2. The zero-order valence-corrected chi connectivity index (χ0v) is 6.95. The summed E-state index contributed by atoms with van der Waals surface area (Å²) in [6, 6.07) is 0.192. The van der Waals surface area contributed by atoms with Gasteiger partial charge in [0.25, 0.3) is 0 Å². The van der Waals surface area contributed by atoms with E-state index in [1.165, 1.54) is 0 Å². The fraction of sp³-hybridized carbons (Fsp3) is 0.444. The van der Waals surface area contributed by atoms with Crippen LogP contribution in [0.5, 0.6) is 0 Å². The quantitative estimate of drug-likeness (QED) is 0.583. The first-order valence-corrected chi connectivity index (χ1v) is 3.88. The molecule has 2 nitrogen and oxygen atoms in total. The zero-order chi connectivity index (χ0) is 8.27. The lowest BCUT2D eigenvalue weighted by Crippen LogP contribution is -2.35. The molecule has 1 aliphatic carbocycles. The number of carbonyl (C=O) groups is 1. The van der Waals surface area contributed by atoms with Gasteiger partial charge in [-0.25, -0.2) is 0 Å². The minimum absolute atomic E-state index is 0.133. The van der Waals surface area contributed by atoms with Gasteiger partial charge in [-0.15, -0.1) is 0 Å². The fourth-order valence-corrected chi connectivity index (χ4v) is 1.27. The van der Waals surface area contributed by atoms with Gasteiger partial charge < -0.3 is 4.90 Å². The molecule has 0 unspecified atom stereocenters. The second-order valence-electron chi connectivity index (χ2n) is 2.57. The van der Waals surface area contributed by atoms with Crippen molar-refractivity contribution in [3.05, 3.63) is 24.3 Å². The molecule has 0 saturated heterocycles. The molecule has 0 aromatic carbocycles. The van der Waals surface area contributed by atoms with Crippen LogP contribution in [0.4, 0.5) is 0 Å². The van der Waals surface area contributed by atoms with Gasteiger partial charge in [0, 0.05) is 13.5 Å². The van der Waals surface area contributed by atoms with Gasteiger partial charge in [-0.2, -0.15) is 0 Å². The Bertz CT molecular complexity index is 194. The van der Waals surface area contributed by atoms with Crippen molar-refractivity contribution >= 4 is 5.91 Å². The van der Waals surface area contributed by atoms with E-state index in [-0.39, 0.29) is 11.9 Å². The van der Waals surface area contributed by atoms with Crippen molar-refractivity contribution in [3.63, 3.8) is 0 Å². The van der Waals surface area contributed by atoms with E-state index in [1.807, 2.05) is 36.1 Å². The second-order valence-corrected chi connectivity index (χ2v) is 2.57. The van der Waals surface area contributed by atoms with E-state index in [9.17, 15) is 4.79 Å². The van der Waals surface area contributed by atoms with E-state index in [4.69, 9.17) is 0 Å². The molecule has 1 rings (SSSR count). The van der Waals surface area contributed by atoms with Crippen LogP contribution in [0, 0.1) is 0 Å². The number of nitrogens with zero attached hydrogens (tertiary/aromatic N) is 1. The third-order valence-electron chi connectivity index (χ3n) is 1.83. The summed E-state index contributed by atoms with van der Waals surface area (Å²) in [5, 5.41) is 0. The van der Waals surface area contributed by atoms with Crippen molar-refractivity contribution in [1.29, 1.82) is 0 Å². The summed E-state index contributed by atoms with van der Waals surface area (Å²) in [4.78, 5) is 12.8. The highest BCUT2D eigenvalue weighted by molar-refractivity contribution is 5.74. The lowest BCUT2D eigenvalue weighted by atomic mass is 10.3. The average molecular weight is 151 g/mol. The molecule has 0 radical (unpaired) electrons. The van der Waals surface area contributed by atoms with Crippen LogP contribution in [0.25, 0.3) is 0 Å². The normalized spacial score (nSPS) is 15.8. The van der Waals surface area contributed by atoms with Crippen LogP contribution in [0.3, 0.4) is 0 Å². The molecule has 0 spiro atoms. The largest absolute Gasteiger partial charge is 0.333 e. The predicted octanol–water partition coefficient (Wildman–Crippen LogP) is 1.35. The molecule has 0 atom stereocenters. The summed E-state index contributed by atoms with van der Waals surface area (Å²) in [7, 11) is 0. The van der Waals surface area contributed by atoms with Gasteiger partial charge in [-0.3, -0.25) is 4.79 Å². The molecule has 0 fully saturated rings. The number of hydrogen-bond acceptors (Lipinski definition) is 1. The first kappa shape index (κ1) is 8.05. The zero-order valence-electron chi connectivity index (χ0n) is 6.95. The van der Waals surface area contributed by atoms with Crippen LogP contribution in [0.2, 0.25) is 0 Å². The van der Waals surface area contributed by atoms with Gasteiger partial charge in [-0.1, -0.05) is 24.3 Å². The average Bonchev–Trinajstić information content (AvgIpc) is 2.40. The maximum Gasteiger partial charge on any atom is 0.220 e. The molecule has 1 aliphatic rings. The Labute approximate surface area is 67.2 Å². The molecule has 0 bridgehead atoms. The van der Waals surface area contributed by atoms with Gasteiger partial charge >= 0.3 is 0 Å². The van der Waals surface area contributed by atoms with Crippen LogP contribution in [-0.2, 0) is 4.79 Å². The molecule has 0 saturated carbocycles. The molecule has 2 heteroatoms. The highest BCUT2D eigenvalue weighted by Crippen LogP contribution is 2.08. The van der Waals surface area contributed by atoms with E-state index in [2.05, 4.69) is 0 Å². The molecule has 60 valence electrons. The minimum Gasteiger partial charge on any atom is -0.333 e. The molecular formula is C9H13NO. The lowest BCUT2D eigenvalue weighted by Gasteiger charge is -2.23. The van der Waals surface area contributed by atoms with Crippen molar-refractivity contribution in [1.82, 2.24) is 4.90 Å². The standard InChI is InChI=1S/C9H13NO/c1-3-10(8(2)11)9-6-4-5-7-9/h4-7,9H,3H2,1-2H3. The summed E-state index contributed by atoms with van der Waals surface area (Å²) >= 11 is 0. The van der Waals surface area contributed by atoms with Crippen LogP contribution >= 0.6 is 0 Å². The topological polar surface area (TPSA) is 20.3 Å². The van der Waals surface area contributed by atoms with Crippen molar-refractivity contribution in [2.45, 2.75) is 19.9 Å². The third kappa shape index (κ3) is 1.70. The SMILES string of the molecule is CCN(C(C)=O)C1C=CC=C1. The van der Waals surface area contributed by atoms with E-state index in [1.54, 1.807) is 6.92 Å². The summed E-state index contributed by atoms with van der Waals surface area (Å²) in [6.07, 6.45) is 7.97. The van der Waals surface area contributed by atoms with E-state index >= 15 is 0 Å². The molecule has 0 aromatic heterocycles. The van der Waals surface area contributed by atoms with Crippen LogP contribution in [-0.4, -0.2) is 23.4 Å². The van der Waals surface area contributed by atoms with Crippen molar-refractivity contribution in [2.75, 3.05) is 6.54 Å². The minimum atomic E-state index is 0.133. The Hall–Kier alpha value is -1.05.